The second-order valence-electron chi connectivity index (χ2n) is 3.79. The summed E-state index contributed by atoms with van der Waals surface area (Å²) in [5, 5.41) is 3.66. The maximum absolute atomic E-state index is 11.4. The van der Waals surface area contributed by atoms with Crippen LogP contribution in [0.25, 0.3) is 0 Å². The van der Waals surface area contributed by atoms with Gasteiger partial charge in [-0.15, -0.1) is 0 Å². The first-order chi connectivity index (χ1) is 6.52. The molecule has 4 heteroatoms. The van der Waals surface area contributed by atoms with Crippen LogP contribution in [0.1, 0.15) is 26.5 Å². The highest BCUT2D eigenvalue weighted by Gasteiger charge is 2.17. The Morgan fingerprint density at radius 1 is 1.64 bits per heavy atom. The van der Waals surface area contributed by atoms with E-state index in [0.29, 0.717) is 18.2 Å². The van der Waals surface area contributed by atoms with Crippen LogP contribution in [0.3, 0.4) is 0 Å². The lowest BCUT2D eigenvalue weighted by molar-refractivity contribution is -0.116. The van der Waals surface area contributed by atoms with E-state index in [0.717, 1.165) is 5.69 Å². The van der Waals surface area contributed by atoms with Crippen molar-refractivity contribution in [3.05, 3.63) is 12.0 Å². The third kappa shape index (κ3) is 2.34. The van der Waals surface area contributed by atoms with E-state index >= 15 is 0 Å². The third-order valence-electron chi connectivity index (χ3n) is 1.94. The van der Waals surface area contributed by atoms with Crippen molar-refractivity contribution in [1.82, 2.24) is 5.16 Å². The molecule has 1 rings (SSSR count). The van der Waals surface area contributed by atoms with Crippen LogP contribution < -0.4 is 4.90 Å². The number of amides is 1. The van der Waals surface area contributed by atoms with Gasteiger partial charge in [-0.05, 0) is 12.8 Å². The Balaban J connectivity index is 2.89. The van der Waals surface area contributed by atoms with Gasteiger partial charge in [-0.1, -0.05) is 19.0 Å². The molecule has 0 bridgehead atoms. The quantitative estimate of drug-likeness (QED) is 0.742. The van der Waals surface area contributed by atoms with Gasteiger partial charge in [0.1, 0.15) is 5.69 Å². The van der Waals surface area contributed by atoms with Crippen molar-refractivity contribution >= 4 is 11.6 Å². The van der Waals surface area contributed by atoms with Gasteiger partial charge in [0.05, 0.1) is 6.20 Å². The number of aromatic nitrogens is 1. The normalized spacial score (nSPS) is 10.6. The van der Waals surface area contributed by atoms with Crippen molar-refractivity contribution in [2.45, 2.75) is 27.7 Å². The molecule has 14 heavy (non-hydrogen) atoms. The standard InChI is InChI=1S/C10H16N2O2/c1-7(2)6-12(9(4)13)10-5-11-14-8(10)3/h5,7H,6H2,1-4H3. The summed E-state index contributed by atoms with van der Waals surface area (Å²) in [7, 11) is 0. The summed E-state index contributed by atoms with van der Waals surface area (Å²) < 4.78 is 4.93. The van der Waals surface area contributed by atoms with Crippen molar-refractivity contribution in [1.29, 1.82) is 0 Å². The summed E-state index contributed by atoms with van der Waals surface area (Å²) in [6.07, 6.45) is 1.58. The summed E-state index contributed by atoms with van der Waals surface area (Å²) in [5.74, 6) is 1.12. The lowest BCUT2D eigenvalue weighted by Crippen LogP contribution is -2.32. The van der Waals surface area contributed by atoms with Crippen molar-refractivity contribution in [3.8, 4) is 0 Å². The fraction of sp³-hybridized carbons (Fsp3) is 0.600. The molecule has 1 amide bonds. The van der Waals surface area contributed by atoms with E-state index in [1.165, 1.54) is 0 Å². The van der Waals surface area contributed by atoms with Gasteiger partial charge < -0.3 is 9.42 Å². The molecule has 0 aliphatic carbocycles. The van der Waals surface area contributed by atoms with Gasteiger partial charge >= 0.3 is 0 Å². The number of carbonyl (C=O) groups is 1. The zero-order chi connectivity index (χ0) is 10.7. The van der Waals surface area contributed by atoms with Crippen molar-refractivity contribution in [2.75, 3.05) is 11.4 Å². The maximum Gasteiger partial charge on any atom is 0.224 e. The van der Waals surface area contributed by atoms with Gasteiger partial charge in [-0.25, -0.2) is 0 Å². The average Bonchev–Trinajstić information content (AvgIpc) is 2.46. The molecule has 0 radical (unpaired) electrons. The zero-order valence-electron chi connectivity index (χ0n) is 9.07. The number of hydrogen-bond acceptors (Lipinski definition) is 3. The lowest BCUT2D eigenvalue weighted by atomic mass is 10.2. The minimum Gasteiger partial charge on any atom is -0.359 e. The van der Waals surface area contributed by atoms with Crippen molar-refractivity contribution in [2.24, 2.45) is 5.92 Å². The molecule has 4 nitrogen and oxygen atoms in total. The molecule has 0 atom stereocenters. The summed E-state index contributed by atoms with van der Waals surface area (Å²) in [6, 6.07) is 0. The fourth-order valence-electron chi connectivity index (χ4n) is 1.31. The second-order valence-corrected chi connectivity index (χ2v) is 3.79. The van der Waals surface area contributed by atoms with E-state index in [4.69, 9.17) is 4.52 Å². The molecule has 0 N–H and O–H groups in total. The highest BCUT2D eigenvalue weighted by atomic mass is 16.5. The number of carbonyl (C=O) groups excluding carboxylic acids is 1. The van der Waals surface area contributed by atoms with E-state index in [9.17, 15) is 4.79 Å². The van der Waals surface area contributed by atoms with Crippen LogP contribution in [0.5, 0.6) is 0 Å². The van der Waals surface area contributed by atoms with E-state index in [1.54, 1.807) is 24.9 Å². The van der Waals surface area contributed by atoms with Gasteiger partial charge in [0.15, 0.2) is 5.76 Å². The molecule has 0 aliphatic heterocycles. The highest BCUT2D eigenvalue weighted by molar-refractivity contribution is 5.91. The average molecular weight is 196 g/mol. The molecule has 0 saturated heterocycles. The van der Waals surface area contributed by atoms with E-state index in [-0.39, 0.29) is 5.91 Å². The van der Waals surface area contributed by atoms with Crippen LogP contribution in [-0.2, 0) is 4.79 Å². The summed E-state index contributed by atoms with van der Waals surface area (Å²) in [5.41, 5.74) is 0.770. The Bertz CT molecular complexity index is 318. The third-order valence-corrected chi connectivity index (χ3v) is 1.94. The topological polar surface area (TPSA) is 46.3 Å². The van der Waals surface area contributed by atoms with E-state index in [1.807, 2.05) is 0 Å². The number of anilines is 1. The molecule has 0 fully saturated rings. The second kappa shape index (κ2) is 4.26. The molecule has 1 heterocycles. The van der Waals surface area contributed by atoms with E-state index in [2.05, 4.69) is 19.0 Å². The largest absolute Gasteiger partial charge is 0.359 e. The predicted molar refractivity (Wildman–Crippen MR) is 54.1 cm³/mol. The molecule has 0 aliphatic rings. The highest BCUT2D eigenvalue weighted by Crippen LogP contribution is 2.20. The first-order valence-corrected chi connectivity index (χ1v) is 4.71. The zero-order valence-corrected chi connectivity index (χ0v) is 9.07. The smallest absolute Gasteiger partial charge is 0.224 e. The molecule has 1 aromatic rings. The first-order valence-electron chi connectivity index (χ1n) is 4.71. The summed E-state index contributed by atoms with van der Waals surface area (Å²) in [6.45, 7) is 8.18. The van der Waals surface area contributed by atoms with Crippen LogP contribution >= 0.6 is 0 Å². The Morgan fingerprint density at radius 2 is 2.29 bits per heavy atom. The molecular weight excluding hydrogens is 180 g/mol. The monoisotopic (exact) mass is 196 g/mol. The Kier molecular flexibility index (Phi) is 3.28. The number of aryl methyl sites for hydroxylation is 1. The minimum atomic E-state index is 0.0185. The van der Waals surface area contributed by atoms with Gasteiger partial charge in [0.25, 0.3) is 0 Å². The summed E-state index contributed by atoms with van der Waals surface area (Å²) in [4.78, 5) is 13.1. The van der Waals surface area contributed by atoms with Crippen LogP contribution in [0, 0.1) is 12.8 Å². The summed E-state index contributed by atoms with van der Waals surface area (Å²) >= 11 is 0. The molecule has 78 valence electrons. The maximum atomic E-state index is 11.4. The lowest BCUT2D eigenvalue weighted by Gasteiger charge is -2.21. The van der Waals surface area contributed by atoms with Crippen LogP contribution in [0.4, 0.5) is 5.69 Å². The van der Waals surface area contributed by atoms with Crippen molar-refractivity contribution in [3.63, 3.8) is 0 Å². The van der Waals surface area contributed by atoms with E-state index < -0.39 is 0 Å². The molecule has 1 aromatic heterocycles. The number of rotatable bonds is 3. The molecule has 0 unspecified atom stereocenters. The number of nitrogens with zero attached hydrogens (tertiary/aromatic N) is 2. The fourth-order valence-corrected chi connectivity index (χ4v) is 1.31. The Labute approximate surface area is 83.9 Å². The molecule has 0 spiro atoms. The van der Waals surface area contributed by atoms with Crippen molar-refractivity contribution < 1.29 is 9.32 Å². The Morgan fingerprint density at radius 3 is 2.64 bits per heavy atom. The SMILES string of the molecule is CC(=O)N(CC(C)C)c1cnoc1C. The predicted octanol–water partition coefficient (Wildman–Crippen LogP) is 1.99. The van der Waals surface area contributed by atoms with Crippen LogP contribution in [0.15, 0.2) is 10.7 Å². The number of hydrogen-bond donors (Lipinski definition) is 0. The van der Waals surface area contributed by atoms with Gasteiger partial charge in [-0.3, -0.25) is 4.79 Å². The molecular formula is C10H16N2O2. The Hall–Kier alpha value is -1.32. The van der Waals surface area contributed by atoms with Gasteiger partial charge in [-0.2, -0.15) is 0 Å². The molecule has 0 saturated carbocycles. The van der Waals surface area contributed by atoms with Crippen LogP contribution in [0.2, 0.25) is 0 Å². The molecule has 0 aromatic carbocycles. The first kappa shape index (κ1) is 10.8. The van der Waals surface area contributed by atoms with Gasteiger partial charge in [0, 0.05) is 13.5 Å². The minimum absolute atomic E-state index is 0.0185. The van der Waals surface area contributed by atoms with Crippen LogP contribution in [-0.4, -0.2) is 17.6 Å². The van der Waals surface area contributed by atoms with Gasteiger partial charge in [0.2, 0.25) is 5.91 Å².